The summed E-state index contributed by atoms with van der Waals surface area (Å²) in [5.74, 6) is -3.48. The second-order valence-electron chi connectivity index (χ2n) is 7.64. The van der Waals surface area contributed by atoms with E-state index in [4.69, 9.17) is 0 Å². The predicted octanol–water partition coefficient (Wildman–Crippen LogP) is 4.94. The SMILES string of the molecule is O=C(CC1CCC(F)(F)C1)Nc1nc2ccc(C(F)(F)F)nc2n1C1CCC1. The van der Waals surface area contributed by atoms with Crippen LogP contribution in [0.4, 0.5) is 27.9 Å². The van der Waals surface area contributed by atoms with Crippen LogP contribution in [0.15, 0.2) is 12.1 Å². The van der Waals surface area contributed by atoms with Crippen molar-refractivity contribution >= 4 is 23.0 Å². The van der Waals surface area contributed by atoms with Gasteiger partial charge < -0.3 is 0 Å². The molecule has 2 aliphatic rings. The van der Waals surface area contributed by atoms with Crippen LogP contribution < -0.4 is 5.32 Å². The van der Waals surface area contributed by atoms with Crippen LogP contribution in [-0.4, -0.2) is 26.4 Å². The number of anilines is 1. The second-order valence-corrected chi connectivity index (χ2v) is 7.64. The average molecular weight is 402 g/mol. The summed E-state index contributed by atoms with van der Waals surface area (Å²) in [5, 5.41) is 2.61. The summed E-state index contributed by atoms with van der Waals surface area (Å²) < 4.78 is 67.3. The summed E-state index contributed by atoms with van der Waals surface area (Å²) in [5.41, 5.74) is -0.698. The lowest BCUT2D eigenvalue weighted by atomic mass is 9.93. The number of nitrogens with zero attached hydrogens (tertiary/aromatic N) is 3. The molecule has 0 aromatic carbocycles. The summed E-state index contributed by atoms with van der Waals surface area (Å²) in [6.45, 7) is 0. The van der Waals surface area contributed by atoms with Crippen LogP contribution in [0, 0.1) is 5.92 Å². The van der Waals surface area contributed by atoms with E-state index in [0.717, 1.165) is 25.3 Å². The first kappa shape index (κ1) is 19.1. The molecule has 10 heteroatoms. The van der Waals surface area contributed by atoms with E-state index in [9.17, 15) is 26.7 Å². The van der Waals surface area contributed by atoms with E-state index in [0.29, 0.717) is 0 Å². The van der Waals surface area contributed by atoms with Crippen molar-refractivity contribution in [2.24, 2.45) is 5.92 Å². The fraction of sp³-hybridized carbons (Fsp3) is 0.611. The Balaban J connectivity index is 1.60. The number of carbonyl (C=O) groups excluding carboxylic acids is 1. The van der Waals surface area contributed by atoms with Gasteiger partial charge >= 0.3 is 6.18 Å². The zero-order valence-electron chi connectivity index (χ0n) is 14.9. The van der Waals surface area contributed by atoms with Crippen molar-refractivity contribution in [1.82, 2.24) is 14.5 Å². The minimum absolute atomic E-state index is 0.0648. The first-order chi connectivity index (χ1) is 13.1. The number of fused-ring (bicyclic) bond motifs is 1. The van der Waals surface area contributed by atoms with Gasteiger partial charge in [0.05, 0.1) is 0 Å². The second kappa shape index (κ2) is 6.66. The smallest absolute Gasteiger partial charge is 0.296 e. The first-order valence-corrected chi connectivity index (χ1v) is 9.26. The van der Waals surface area contributed by atoms with Gasteiger partial charge in [0.2, 0.25) is 17.8 Å². The van der Waals surface area contributed by atoms with Gasteiger partial charge in [0, 0.05) is 25.3 Å². The van der Waals surface area contributed by atoms with Crippen LogP contribution in [-0.2, 0) is 11.0 Å². The number of nitrogens with one attached hydrogen (secondary N) is 1. The van der Waals surface area contributed by atoms with Gasteiger partial charge in [-0.2, -0.15) is 13.2 Å². The molecule has 5 nitrogen and oxygen atoms in total. The molecule has 2 saturated carbocycles. The number of carbonyl (C=O) groups is 1. The Morgan fingerprint density at radius 1 is 1.21 bits per heavy atom. The maximum Gasteiger partial charge on any atom is 0.433 e. The van der Waals surface area contributed by atoms with Gasteiger partial charge in [0.1, 0.15) is 11.2 Å². The molecule has 2 fully saturated rings. The van der Waals surface area contributed by atoms with Crippen molar-refractivity contribution in [2.45, 2.75) is 63.1 Å². The minimum Gasteiger partial charge on any atom is -0.296 e. The summed E-state index contributed by atoms with van der Waals surface area (Å²) in [6, 6.07) is 1.99. The maximum atomic E-state index is 13.3. The third-order valence-corrected chi connectivity index (χ3v) is 5.50. The van der Waals surface area contributed by atoms with Crippen LogP contribution in [0.5, 0.6) is 0 Å². The number of rotatable bonds is 4. The summed E-state index contributed by atoms with van der Waals surface area (Å²) in [7, 11) is 0. The molecule has 152 valence electrons. The number of alkyl halides is 5. The minimum atomic E-state index is -4.58. The summed E-state index contributed by atoms with van der Waals surface area (Å²) in [4.78, 5) is 20.3. The van der Waals surface area contributed by atoms with Crippen LogP contribution in [0.1, 0.15) is 56.7 Å². The number of halogens is 5. The molecule has 2 aliphatic carbocycles. The third kappa shape index (κ3) is 3.68. The normalized spacial score (nSPS) is 22.4. The van der Waals surface area contributed by atoms with Gasteiger partial charge in [-0.1, -0.05) is 0 Å². The lowest BCUT2D eigenvalue weighted by Crippen LogP contribution is -2.23. The van der Waals surface area contributed by atoms with Gasteiger partial charge in [0.15, 0.2) is 5.65 Å². The van der Waals surface area contributed by atoms with E-state index >= 15 is 0 Å². The Morgan fingerprint density at radius 2 is 1.96 bits per heavy atom. The Labute approximate surface area is 157 Å². The number of amides is 1. The fourth-order valence-electron chi connectivity index (χ4n) is 3.86. The average Bonchev–Trinajstić information content (AvgIpc) is 3.04. The quantitative estimate of drug-likeness (QED) is 0.737. The molecule has 0 bridgehead atoms. The molecule has 1 amide bonds. The Hall–Kier alpha value is -2.26. The number of hydrogen-bond donors (Lipinski definition) is 1. The standard InChI is InChI=1S/C18H19F5N4O/c19-17(20)7-6-10(9-17)8-14(28)26-16-24-12-4-5-13(18(21,22)23)25-15(12)27(16)11-2-1-3-11/h4-5,10-11H,1-3,6-9H2,(H,24,26,28). The van der Waals surface area contributed by atoms with Gasteiger partial charge in [-0.15, -0.1) is 0 Å². The largest absolute Gasteiger partial charge is 0.433 e. The van der Waals surface area contributed by atoms with Crippen molar-refractivity contribution in [2.75, 3.05) is 5.32 Å². The first-order valence-electron chi connectivity index (χ1n) is 9.26. The van der Waals surface area contributed by atoms with E-state index in [2.05, 4.69) is 15.3 Å². The molecule has 0 spiro atoms. The zero-order valence-corrected chi connectivity index (χ0v) is 14.9. The highest BCUT2D eigenvalue weighted by Gasteiger charge is 2.40. The number of imidazole rings is 1. The molecule has 0 radical (unpaired) electrons. The predicted molar refractivity (Wildman–Crippen MR) is 91.0 cm³/mol. The van der Waals surface area contributed by atoms with Gasteiger partial charge in [-0.3, -0.25) is 14.7 Å². The van der Waals surface area contributed by atoms with E-state index < -0.39 is 29.6 Å². The molecule has 2 aromatic rings. The van der Waals surface area contributed by atoms with Gasteiger partial charge in [0.25, 0.3) is 0 Å². The van der Waals surface area contributed by atoms with Gasteiger partial charge in [-0.05, 0) is 43.7 Å². The van der Waals surface area contributed by atoms with Crippen LogP contribution in [0.2, 0.25) is 0 Å². The monoisotopic (exact) mass is 402 g/mol. The number of hydrogen-bond acceptors (Lipinski definition) is 3. The van der Waals surface area contributed by atoms with E-state index in [1.165, 1.54) is 10.6 Å². The maximum absolute atomic E-state index is 13.3. The molecular formula is C18H19F5N4O. The Kier molecular flexibility index (Phi) is 4.54. The topological polar surface area (TPSA) is 59.8 Å². The lowest BCUT2D eigenvalue weighted by Gasteiger charge is -2.28. The molecule has 28 heavy (non-hydrogen) atoms. The molecule has 1 atom stereocenters. The molecule has 0 aliphatic heterocycles. The molecule has 0 saturated heterocycles. The third-order valence-electron chi connectivity index (χ3n) is 5.50. The molecule has 2 aromatic heterocycles. The summed E-state index contributed by atoms with van der Waals surface area (Å²) >= 11 is 0. The molecule has 1 unspecified atom stereocenters. The van der Waals surface area contributed by atoms with Crippen LogP contribution in [0.25, 0.3) is 11.2 Å². The Morgan fingerprint density at radius 3 is 2.54 bits per heavy atom. The Bertz CT molecular complexity index is 903. The van der Waals surface area contributed by atoms with Crippen molar-refractivity contribution in [1.29, 1.82) is 0 Å². The van der Waals surface area contributed by atoms with E-state index in [1.807, 2.05) is 0 Å². The zero-order chi connectivity index (χ0) is 20.1. The van der Waals surface area contributed by atoms with Crippen molar-refractivity contribution in [3.05, 3.63) is 17.8 Å². The molecule has 4 rings (SSSR count). The number of aromatic nitrogens is 3. The highest BCUT2D eigenvalue weighted by molar-refractivity contribution is 5.91. The van der Waals surface area contributed by atoms with Gasteiger partial charge in [-0.25, -0.2) is 18.7 Å². The van der Waals surface area contributed by atoms with Crippen molar-refractivity contribution in [3.8, 4) is 0 Å². The fourth-order valence-corrected chi connectivity index (χ4v) is 3.86. The van der Waals surface area contributed by atoms with Crippen LogP contribution >= 0.6 is 0 Å². The van der Waals surface area contributed by atoms with E-state index in [1.54, 1.807) is 0 Å². The molecule has 1 N–H and O–H groups in total. The van der Waals surface area contributed by atoms with E-state index in [-0.39, 0.29) is 48.8 Å². The summed E-state index contributed by atoms with van der Waals surface area (Å²) in [6.07, 6.45) is -2.50. The molecular weight excluding hydrogens is 383 g/mol. The van der Waals surface area contributed by atoms with Crippen molar-refractivity contribution < 1.29 is 26.7 Å². The van der Waals surface area contributed by atoms with Crippen molar-refractivity contribution in [3.63, 3.8) is 0 Å². The highest BCUT2D eigenvalue weighted by atomic mass is 19.4. The molecule has 2 heterocycles. The highest BCUT2D eigenvalue weighted by Crippen LogP contribution is 2.41. The lowest BCUT2D eigenvalue weighted by molar-refractivity contribution is -0.141. The van der Waals surface area contributed by atoms with Crippen LogP contribution in [0.3, 0.4) is 0 Å². The number of pyridine rings is 1.